The molecule has 0 aliphatic carbocycles. The van der Waals surface area contributed by atoms with Crippen molar-refractivity contribution in [3.05, 3.63) is 27.2 Å². The smallest absolute Gasteiger partial charge is 0.141 e. The van der Waals surface area contributed by atoms with Crippen molar-refractivity contribution in [1.29, 1.82) is 0 Å². The Hall–Kier alpha value is -0.400. The van der Waals surface area contributed by atoms with Gasteiger partial charge in [-0.25, -0.2) is 0 Å². The van der Waals surface area contributed by atoms with Gasteiger partial charge in [-0.2, -0.15) is 0 Å². The maximum Gasteiger partial charge on any atom is 0.141 e. The van der Waals surface area contributed by atoms with Gasteiger partial charge in [0.1, 0.15) is 5.75 Å². The summed E-state index contributed by atoms with van der Waals surface area (Å²) >= 11 is 12.1. The summed E-state index contributed by atoms with van der Waals surface area (Å²) in [6, 6.07) is 1.73. The normalized spacial score (nSPS) is 10.8. The second kappa shape index (κ2) is 4.41. The van der Waals surface area contributed by atoms with Gasteiger partial charge in [0.25, 0.3) is 0 Å². The van der Waals surface area contributed by atoms with Gasteiger partial charge in [-0.1, -0.05) is 37.0 Å². The third-order valence-electron chi connectivity index (χ3n) is 2.26. The summed E-state index contributed by atoms with van der Waals surface area (Å²) in [6.45, 7) is 6.17. The topological polar surface area (TPSA) is 9.23 Å². The lowest BCUT2D eigenvalue weighted by Crippen LogP contribution is -1.99. The van der Waals surface area contributed by atoms with Crippen LogP contribution in [0, 0.1) is 6.92 Å². The summed E-state index contributed by atoms with van der Waals surface area (Å²) in [4.78, 5) is 0. The lowest BCUT2D eigenvalue weighted by Gasteiger charge is -2.17. The zero-order valence-corrected chi connectivity index (χ0v) is 10.3. The average molecular weight is 233 g/mol. The minimum Gasteiger partial charge on any atom is -0.495 e. The molecule has 1 rings (SSSR count). The molecule has 0 spiro atoms. The Morgan fingerprint density at radius 2 is 1.79 bits per heavy atom. The summed E-state index contributed by atoms with van der Waals surface area (Å²) < 4.78 is 5.28. The van der Waals surface area contributed by atoms with Crippen LogP contribution in [0.15, 0.2) is 6.07 Å². The van der Waals surface area contributed by atoms with Crippen molar-refractivity contribution in [1.82, 2.24) is 0 Å². The van der Waals surface area contributed by atoms with E-state index in [-0.39, 0.29) is 0 Å². The van der Waals surface area contributed by atoms with Crippen LogP contribution in [0.3, 0.4) is 0 Å². The van der Waals surface area contributed by atoms with Gasteiger partial charge in [0.2, 0.25) is 0 Å². The van der Waals surface area contributed by atoms with Crippen LogP contribution in [0.1, 0.15) is 30.9 Å². The highest BCUT2D eigenvalue weighted by Gasteiger charge is 2.16. The summed E-state index contributed by atoms with van der Waals surface area (Å²) in [5, 5.41) is 1.27. The Morgan fingerprint density at radius 1 is 1.21 bits per heavy atom. The first-order valence-corrected chi connectivity index (χ1v) is 5.27. The van der Waals surface area contributed by atoms with Crippen LogP contribution in [0.2, 0.25) is 10.0 Å². The quantitative estimate of drug-likeness (QED) is 0.733. The van der Waals surface area contributed by atoms with E-state index in [9.17, 15) is 0 Å². The molecule has 0 bridgehead atoms. The third-order valence-corrected chi connectivity index (χ3v) is 2.93. The lowest BCUT2D eigenvalue weighted by molar-refractivity contribution is 0.407. The van der Waals surface area contributed by atoms with Gasteiger partial charge in [-0.05, 0) is 24.5 Å². The van der Waals surface area contributed by atoms with E-state index in [1.807, 2.05) is 6.92 Å². The molecule has 1 nitrogen and oxygen atoms in total. The van der Waals surface area contributed by atoms with Gasteiger partial charge in [-0.3, -0.25) is 0 Å². The average Bonchev–Trinajstić information content (AvgIpc) is 2.10. The minimum atomic E-state index is 0.348. The second-order valence-electron chi connectivity index (χ2n) is 3.57. The van der Waals surface area contributed by atoms with Gasteiger partial charge in [0, 0.05) is 10.6 Å². The summed E-state index contributed by atoms with van der Waals surface area (Å²) in [5.74, 6) is 1.09. The molecule has 0 amide bonds. The molecule has 0 unspecified atom stereocenters. The molecule has 0 fully saturated rings. The molecule has 1 aromatic rings. The Morgan fingerprint density at radius 3 is 2.21 bits per heavy atom. The fraction of sp³-hybridized carbons (Fsp3) is 0.455. The van der Waals surface area contributed by atoms with E-state index in [0.717, 1.165) is 16.9 Å². The molecule has 78 valence electrons. The Bertz CT molecular complexity index is 346. The van der Waals surface area contributed by atoms with E-state index in [1.165, 1.54) is 0 Å². The van der Waals surface area contributed by atoms with Gasteiger partial charge >= 0.3 is 0 Å². The molecular weight excluding hydrogens is 219 g/mol. The van der Waals surface area contributed by atoms with E-state index in [2.05, 4.69) is 13.8 Å². The maximum atomic E-state index is 6.05. The van der Waals surface area contributed by atoms with Crippen molar-refractivity contribution in [2.24, 2.45) is 0 Å². The lowest BCUT2D eigenvalue weighted by atomic mass is 9.97. The van der Waals surface area contributed by atoms with Crippen LogP contribution < -0.4 is 4.74 Å². The van der Waals surface area contributed by atoms with Crippen molar-refractivity contribution in [2.75, 3.05) is 7.11 Å². The molecule has 0 N–H and O–H groups in total. The molecule has 0 aliphatic heterocycles. The third kappa shape index (κ3) is 1.99. The molecule has 3 heteroatoms. The highest BCUT2D eigenvalue weighted by Crippen LogP contribution is 2.39. The van der Waals surface area contributed by atoms with Crippen molar-refractivity contribution in [3.8, 4) is 5.75 Å². The zero-order chi connectivity index (χ0) is 10.9. The molecule has 0 atom stereocenters. The number of ether oxygens (including phenoxy) is 1. The van der Waals surface area contributed by atoms with Gasteiger partial charge in [-0.15, -0.1) is 0 Å². The second-order valence-corrected chi connectivity index (χ2v) is 4.38. The van der Waals surface area contributed by atoms with Crippen molar-refractivity contribution in [2.45, 2.75) is 26.7 Å². The van der Waals surface area contributed by atoms with Gasteiger partial charge in [0.05, 0.1) is 12.1 Å². The van der Waals surface area contributed by atoms with Gasteiger partial charge < -0.3 is 4.74 Å². The molecular formula is C11H14Cl2O. The van der Waals surface area contributed by atoms with Crippen LogP contribution in [0.4, 0.5) is 0 Å². The standard InChI is InChI=1S/C11H14Cl2O/c1-6(2)10-7(3)8(12)5-9(13)11(10)14-4/h5-6H,1-4H3. The Labute approximate surface area is 95.0 Å². The van der Waals surface area contributed by atoms with E-state index >= 15 is 0 Å². The minimum absolute atomic E-state index is 0.348. The fourth-order valence-corrected chi connectivity index (χ4v) is 2.17. The zero-order valence-electron chi connectivity index (χ0n) is 8.82. The summed E-state index contributed by atoms with van der Waals surface area (Å²) in [6.07, 6.45) is 0. The number of hydrogen-bond acceptors (Lipinski definition) is 1. The number of benzene rings is 1. The van der Waals surface area contributed by atoms with Gasteiger partial charge in [0.15, 0.2) is 0 Å². The van der Waals surface area contributed by atoms with Crippen molar-refractivity contribution in [3.63, 3.8) is 0 Å². The van der Waals surface area contributed by atoms with E-state index in [4.69, 9.17) is 27.9 Å². The SMILES string of the molecule is COc1c(Cl)cc(Cl)c(C)c1C(C)C. The fourth-order valence-electron chi connectivity index (χ4n) is 1.62. The highest BCUT2D eigenvalue weighted by molar-refractivity contribution is 6.36. The Balaban J connectivity index is 3.48. The molecule has 1 aromatic carbocycles. The molecule has 0 saturated heterocycles. The van der Waals surface area contributed by atoms with Crippen molar-refractivity contribution < 1.29 is 4.74 Å². The summed E-state index contributed by atoms with van der Waals surface area (Å²) in [5.41, 5.74) is 2.13. The highest BCUT2D eigenvalue weighted by atomic mass is 35.5. The maximum absolute atomic E-state index is 6.05. The molecule has 0 saturated carbocycles. The van der Waals surface area contributed by atoms with Crippen LogP contribution in [-0.4, -0.2) is 7.11 Å². The molecule has 0 aliphatic rings. The number of halogens is 2. The van der Waals surface area contributed by atoms with Crippen molar-refractivity contribution >= 4 is 23.2 Å². The van der Waals surface area contributed by atoms with E-state index in [1.54, 1.807) is 13.2 Å². The predicted octanol–water partition coefficient (Wildman–Crippen LogP) is 4.43. The first kappa shape index (κ1) is 11.7. The molecule has 0 aromatic heterocycles. The first-order chi connectivity index (χ1) is 6.49. The van der Waals surface area contributed by atoms with Crippen LogP contribution in [0.5, 0.6) is 5.75 Å². The number of hydrogen-bond donors (Lipinski definition) is 0. The van der Waals surface area contributed by atoms with E-state index < -0.39 is 0 Å². The van der Waals surface area contributed by atoms with Crippen LogP contribution in [0.25, 0.3) is 0 Å². The first-order valence-electron chi connectivity index (χ1n) is 4.51. The number of rotatable bonds is 2. The molecule has 0 heterocycles. The number of methoxy groups -OCH3 is 1. The predicted molar refractivity (Wildman–Crippen MR) is 61.8 cm³/mol. The van der Waals surface area contributed by atoms with Crippen LogP contribution in [-0.2, 0) is 0 Å². The summed E-state index contributed by atoms with van der Waals surface area (Å²) in [7, 11) is 1.63. The molecule has 14 heavy (non-hydrogen) atoms. The Kier molecular flexibility index (Phi) is 3.68. The van der Waals surface area contributed by atoms with E-state index in [0.29, 0.717) is 16.0 Å². The largest absolute Gasteiger partial charge is 0.495 e. The van der Waals surface area contributed by atoms with Crippen LogP contribution >= 0.6 is 23.2 Å². The monoisotopic (exact) mass is 232 g/mol. The molecule has 0 radical (unpaired) electrons.